The van der Waals surface area contributed by atoms with E-state index in [1.807, 2.05) is 0 Å². The Balaban J connectivity index is 0.000000144. The molecule has 12 aromatic carbocycles. The number of halogens is 12. The lowest BCUT2D eigenvalue weighted by molar-refractivity contribution is 1.61. The van der Waals surface area contributed by atoms with E-state index in [-0.39, 0.29) is 0 Å². The molecule has 0 radical (unpaired) electrons. The van der Waals surface area contributed by atoms with Crippen LogP contribution in [0.3, 0.4) is 0 Å². The summed E-state index contributed by atoms with van der Waals surface area (Å²) < 4.78 is 13.1. The van der Waals surface area contributed by atoms with E-state index in [0.29, 0.717) is 0 Å². The van der Waals surface area contributed by atoms with Gasteiger partial charge in [-0.3, -0.25) is 0 Å². The summed E-state index contributed by atoms with van der Waals surface area (Å²) in [6.07, 6.45) is 0. The van der Waals surface area contributed by atoms with Crippen LogP contribution in [0.25, 0.3) is 0 Å². The second-order valence-electron chi connectivity index (χ2n) is 20.3. The van der Waals surface area contributed by atoms with E-state index in [0.717, 1.165) is 53.7 Å². The Morgan fingerprint density at radius 3 is 0.218 bits per heavy atom. The summed E-state index contributed by atoms with van der Waals surface area (Å²) >= 11 is 43.3. The van der Waals surface area contributed by atoms with E-state index in [9.17, 15) is 0 Å². The second kappa shape index (κ2) is 30.7. The minimum atomic E-state index is -2.48. The Hall–Kier alpha value is -2.95. The van der Waals surface area contributed by atoms with Crippen LogP contribution in [0, 0.1) is 0 Å². The van der Waals surface area contributed by atoms with Crippen molar-refractivity contribution in [2.75, 3.05) is 0 Å². The van der Waals surface area contributed by atoms with Gasteiger partial charge in [-0.05, 0) is 208 Å². The van der Waals surface area contributed by atoms with Gasteiger partial charge in [0.05, 0.1) is 0 Å². The molecule has 0 aliphatic heterocycles. The molecule has 0 N–H and O–H groups in total. The van der Waals surface area contributed by atoms with Crippen LogP contribution < -0.4 is 62.2 Å². The molecule has 432 valence electrons. The first kappa shape index (κ1) is 67.0. The minimum Gasteiger partial charge on any atom is -0.0608 e. The SMILES string of the molecule is Brc1ccc([Si](c2ccc(Br)cc2)(c2ccc(Br)cc2)c2ccc(Br)cc2)cc1.Brc1ccc([Si](c2ccc(Br)cc2)(c2ccc(Br)cc2)c2ccc(Br)cc2)cc1.Brc1ccc([Si](c2ccc(Br)cc2)(c2ccc(Br)cc2)c2ccc(Br)cc2)cc1. The zero-order chi connectivity index (χ0) is 61.3. The first-order valence-electron chi connectivity index (χ1n) is 27.1. The summed E-state index contributed by atoms with van der Waals surface area (Å²) in [6, 6.07) is 106. The van der Waals surface area contributed by atoms with Gasteiger partial charge in [0.15, 0.2) is 24.2 Å². The lowest BCUT2D eigenvalue weighted by Gasteiger charge is -2.34. The molecule has 87 heavy (non-hydrogen) atoms. The van der Waals surface area contributed by atoms with Crippen LogP contribution in [0.15, 0.2) is 345 Å². The highest BCUT2D eigenvalue weighted by molar-refractivity contribution is 9.12. The van der Waals surface area contributed by atoms with Crippen molar-refractivity contribution in [3.63, 3.8) is 0 Å². The predicted molar refractivity (Wildman–Crippen MR) is 423 cm³/mol. The third-order valence-electron chi connectivity index (χ3n) is 15.3. The molecular formula is C72H48Br12Si3. The molecule has 0 aliphatic carbocycles. The molecule has 0 spiro atoms. The van der Waals surface area contributed by atoms with Crippen LogP contribution in [-0.4, -0.2) is 24.2 Å². The highest BCUT2D eigenvalue weighted by Gasteiger charge is 2.44. The van der Waals surface area contributed by atoms with Crippen molar-refractivity contribution >= 4 is 278 Å². The average Bonchev–Trinajstić information content (AvgIpc) is 0.816. The van der Waals surface area contributed by atoms with Gasteiger partial charge in [0.25, 0.3) is 0 Å². The Kier molecular flexibility index (Phi) is 23.6. The van der Waals surface area contributed by atoms with E-state index in [2.05, 4.69) is 482 Å². The molecule has 0 fully saturated rings. The molecule has 0 bridgehead atoms. The molecule has 15 heteroatoms. The Morgan fingerprint density at radius 1 is 0.103 bits per heavy atom. The van der Waals surface area contributed by atoms with Gasteiger partial charge in [0, 0.05) is 53.7 Å². The van der Waals surface area contributed by atoms with Crippen LogP contribution in [0.1, 0.15) is 0 Å². The van der Waals surface area contributed by atoms with Crippen molar-refractivity contribution in [2.24, 2.45) is 0 Å². The van der Waals surface area contributed by atoms with Crippen molar-refractivity contribution in [3.05, 3.63) is 345 Å². The first-order valence-corrected chi connectivity index (χ1v) is 42.6. The summed E-state index contributed by atoms with van der Waals surface area (Å²) in [6.45, 7) is 0. The van der Waals surface area contributed by atoms with Gasteiger partial charge in [-0.1, -0.05) is 337 Å². The number of rotatable bonds is 12. The maximum atomic E-state index is 3.61. The van der Waals surface area contributed by atoms with Crippen molar-refractivity contribution in [1.29, 1.82) is 0 Å². The highest BCUT2D eigenvalue weighted by Crippen LogP contribution is 2.22. The van der Waals surface area contributed by atoms with Crippen molar-refractivity contribution in [3.8, 4) is 0 Å². The molecule has 0 aliphatic rings. The molecule has 12 aromatic rings. The predicted octanol–water partition coefficient (Wildman–Crippen LogP) is 18.3. The van der Waals surface area contributed by atoms with Crippen LogP contribution in [-0.2, 0) is 0 Å². The lowest BCUT2D eigenvalue weighted by atomic mass is 10.3. The number of hydrogen-bond acceptors (Lipinski definition) is 0. The molecule has 0 heterocycles. The van der Waals surface area contributed by atoms with Crippen LogP contribution in [0.2, 0.25) is 0 Å². The van der Waals surface area contributed by atoms with E-state index in [4.69, 9.17) is 0 Å². The van der Waals surface area contributed by atoms with Crippen molar-refractivity contribution in [1.82, 2.24) is 0 Å². The summed E-state index contributed by atoms with van der Waals surface area (Å²) in [5, 5.41) is 16.3. The molecule has 0 nitrogen and oxygen atoms in total. The lowest BCUT2D eigenvalue weighted by Crippen LogP contribution is -2.74. The minimum absolute atomic E-state index is 1.09. The smallest absolute Gasteiger partial charge is 0.0608 e. The fourth-order valence-corrected chi connectivity index (χ4v) is 28.6. The zero-order valence-corrected chi connectivity index (χ0v) is 67.8. The summed E-state index contributed by atoms with van der Waals surface area (Å²) in [5.41, 5.74) is 0. The molecule has 0 aromatic heterocycles. The van der Waals surface area contributed by atoms with Crippen LogP contribution in [0.5, 0.6) is 0 Å². The molecular weight excluding hydrogens is 1910 g/mol. The van der Waals surface area contributed by atoms with Crippen LogP contribution in [0.4, 0.5) is 0 Å². The Morgan fingerprint density at radius 2 is 0.161 bits per heavy atom. The molecule has 12 rings (SSSR count). The number of benzene rings is 12. The first-order chi connectivity index (χ1) is 42.0. The molecule has 0 saturated carbocycles. The van der Waals surface area contributed by atoms with Crippen molar-refractivity contribution in [2.45, 2.75) is 0 Å². The quantitative estimate of drug-likeness (QED) is 0.0845. The van der Waals surface area contributed by atoms with Gasteiger partial charge >= 0.3 is 0 Å². The summed E-state index contributed by atoms with van der Waals surface area (Å²) in [7, 11) is -7.43. The average molecular weight is 1960 g/mol. The second-order valence-corrected chi connectivity index (χ2v) is 42.7. The van der Waals surface area contributed by atoms with Gasteiger partial charge in [-0.2, -0.15) is 0 Å². The summed E-state index contributed by atoms with van der Waals surface area (Å²) in [4.78, 5) is 0. The van der Waals surface area contributed by atoms with Gasteiger partial charge in [-0.25, -0.2) is 0 Å². The molecule has 0 atom stereocenters. The van der Waals surface area contributed by atoms with Gasteiger partial charge < -0.3 is 0 Å². The summed E-state index contributed by atoms with van der Waals surface area (Å²) in [5.74, 6) is 0. The number of hydrogen-bond donors (Lipinski definition) is 0. The third kappa shape index (κ3) is 15.3. The van der Waals surface area contributed by atoms with Gasteiger partial charge in [0.1, 0.15) is 0 Å². The highest BCUT2D eigenvalue weighted by atomic mass is 79.9. The molecule has 0 unspecified atom stereocenters. The zero-order valence-electron chi connectivity index (χ0n) is 45.7. The Labute approximate surface area is 614 Å². The van der Waals surface area contributed by atoms with Gasteiger partial charge in [-0.15, -0.1) is 0 Å². The largest absolute Gasteiger partial charge is 0.179 e. The van der Waals surface area contributed by atoms with E-state index in [1.54, 1.807) is 0 Å². The fourth-order valence-electron chi connectivity index (χ4n) is 11.4. The molecule has 0 amide bonds. The maximum Gasteiger partial charge on any atom is 0.179 e. The third-order valence-corrected chi connectivity index (χ3v) is 36.1. The topological polar surface area (TPSA) is 0 Å². The fraction of sp³-hybridized carbons (Fsp3) is 0. The van der Waals surface area contributed by atoms with Crippen molar-refractivity contribution < 1.29 is 0 Å². The van der Waals surface area contributed by atoms with E-state index < -0.39 is 24.2 Å². The van der Waals surface area contributed by atoms with Crippen LogP contribution >= 0.6 is 191 Å². The normalized spacial score (nSPS) is 11.4. The van der Waals surface area contributed by atoms with E-state index in [1.165, 1.54) is 62.2 Å². The standard InChI is InChI=1S/3C24H16Br4Si/c3*25-17-1-9-21(10-2-17)29(22-11-3-18(26)4-12-22,23-13-5-19(27)6-14-23)24-15-7-20(28)8-16-24/h3*1-16H. The van der Waals surface area contributed by atoms with E-state index >= 15 is 0 Å². The Bertz CT molecular complexity index is 3190. The van der Waals surface area contributed by atoms with Gasteiger partial charge in [0.2, 0.25) is 0 Å². The monoisotopic (exact) mass is 1940 g/mol. The maximum absolute atomic E-state index is 3.61. The molecule has 0 saturated heterocycles.